The second kappa shape index (κ2) is 10.5. The van der Waals surface area contributed by atoms with E-state index < -0.39 is 0 Å². The number of carbonyl (C=O) groups is 1. The molecular formula is C24H28ClNO3. The predicted molar refractivity (Wildman–Crippen MR) is 118 cm³/mol. The number of fused-ring (bicyclic) bond motifs is 1. The van der Waals surface area contributed by atoms with Gasteiger partial charge in [0.05, 0.1) is 0 Å². The topological polar surface area (TPSA) is 38.8 Å². The Labute approximate surface area is 178 Å². The highest BCUT2D eigenvalue weighted by atomic mass is 35.5. The Kier molecular flexibility index (Phi) is 7.73. The molecule has 0 unspecified atom stereocenters. The highest BCUT2D eigenvalue weighted by Crippen LogP contribution is 2.32. The summed E-state index contributed by atoms with van der Waals surface area (Å²) in [5, 5.41) is 0. The van der Waals surface area contributed by atoms with Crippen LogP contribution in [0.2, 0.25) is 0 Å². The molecule has 0 aliphatic carbocycles. The highest BCUT2D eigenvalue weighted by Gasteiger charge is 2.19. The first-order chi connectivity index (χ1) is 13.8. The van der Waals surface area contributed by atoms with E-state index >= 15 is 0 Å². The van der Waals surface area contributed by atoms with Gasteiger partial charge in [-0.2, -0.15) is 0 Å². The molecule has 0 radical (unpaired) electrons. The van der Waals surface area contributed by atoms with Crippen LogP contribution in [0.1, 0.15) is 30.4 Å². The predicted octanol–water partition coefficient (Wildman–Crippen LogP) is 4.76. The van der Waals surface area contributed by atoms with Crippen LogP contribution in [0.25, 0.3) is 6.08 Å². The van der Waals surface area contributed by atoms with Gasteiger partial charge in [0, 0.05) is 13.0 Å². The maximum Gasteiger partial charge on any atom is 0.231 e. The van der Waals surface area contributed by atoms with E-state index in [1.807, 2.05) is 24.3 Å². The zero-order valence-electron chi connectivity index (χ0n) is 16.6. The Balaban J connectivity index is 0.00000240. The van der Waals surface area contributed by atoms with E-state index in [2.05, 4.69) is 35.2 Å². The second-order valence-electron chi connectivity index (χ2n) is 7.64. The fourth-order valence-electron chi connectivity index (χ4n) is 3.92. The lowest BCUT2D eigenvalue weighted by Gasteiger charge is -2.31. The van der Waals surface area contributed by atoms with Gasteiger partial charge in [0.25, 0.3) is 0 Å². The molecule has 29 heavy (non-hydrogen) atoms. The van der Waals surface area contributed by atoms with Crippen molar-refractivity contribution < 1.29 is 14.3 Å². The molecule has 2 aliphatic rings. The third-order valence-corrected chi connectivity index (χ3v) is 5.61. The lowest BCUT2D eigenvalue weighted by Crippen LogP contribution is -2.35. The van der Waals surface area contributed by atoms with Gasteiger partial charge in [-0.3, -0.25) is 4.79 Å². The molecule has 2 aromatic rings. The zero-order chi connectivity index (χ0) is 19.2. The first-order valence-corrected chi connectivity index (χ1v) is 10.1. The molecule has 5 heteroatoms. The number of piperidine rings is 1. The lowest BCUT2D eigenvalue weighted by molar-refractivity contribution is -0.114. The largest absolute Gasteiger partial charge is 0.454 e. The molecule has 0 aromatic heterocycles. The summed E-state index contributed by atoms with van der Waals surface area (Å²) in [6.45, 7) is 3.30. The third-order valence-electron chi connectivity index (χ3n) is 5.61. The molecule has 2 aliphatic heterocycles. The second-order valence-corrected chi connectivity index (χ2v) is 7.64. The Bertz CT molecular complexity index is 829. The number of halogens is 1. The van der Waals surface area contributed by atoms with Crippen molar-refractivity contribution in [3.63, 3.8) is 0 Å². The van der Waals surface area contributed by atoms with E-state index in [1.54, 1.807) is 6.08 Å². The first-order valence-electron chi connectivity index (χ1n) is 10.1. The Hall–Kier alpha value is -2.30. The van der Waals surface area contributed by atoms with Gasteiger partial charge in [-0.25, -0.2) is 0 Å². The van der Waals surface area contributed by atoms with E-state index in [1.165, 1.54) is 24.8 Å². The molecule has 1 saturated heterocycles. The summed E-state index contributed by atoms with van der Waals surface area (Å²) < 4.78 is 10.7. The van der Waals surface area contributed by atoms with Crippen LogP contribution in [0.15, 0.2) is 54.6 Å². The van der Waals surface area contributed by atoms with Crippen LogP contribution in [-0.2, 0) is 11.2 Å². The van der Waals surface area contributed by atoms with Crippen molar-refractivity contribution in [2.75, 3.05) is 26.4 Å². The van der Waals surface area contributed by atoms with Gasteiger partial charge in [0.15, 0.2) is 17.3 Å². The molecule has 1 fully saturated rings. The van der Waals surface area contributed by atoms with Crippen molar-refractivity contribution in [2.24, 2.45) is 5.92 Å². The quantitative estimate of drug-likeness (QED) is 0.613. The third kappa shape index (κ3) is 6.09. The standard InChI is InChI=1S/C24H27NO3.ClH/c26-22(8-6-20-7-9-23-24(17-20)28-18-27-23)12-15-25-13-10-21(11-14-25)16-19-4-2-1-3-5-19;/h1-9,17,21H,10-16,18H2;1H. The Morgan fingerprint density at radius 2 is 1.79 bits per heavy atom. The van der Waals surface area contributed by atoms with E-state index in [-0.39, 0.29) is 25.0 Å². The minimum Gasteiger partial charge on any atom is -0.454 e. The Morgan fingerprint density at radius 1 is 1.03 bits per heavy atom. The summed E-state index contributed by atoms with van der Waals surface area (Å²) in [5.41, 5.74) is 2.39. The molecule has 0 atom stereocenters. The molecule has 4 rings (SSSR count). The molecule has 0 amide bonds. The van der Waals surface area contributed by atoms with Crippen molar-refractivity contribution in [1.29, 1.82) is 0 Å². The smallest absolute Gasteiger partial charge is 0.231 e. The average molecular weight is 414 g/mol. The molecule has 2 heterocycles. The summed E-state index contributed by atoms with van der Waals surface area (Å²) in [7, 11) is 0. The van der Waals surface area contributed by atoms with Gasteiger partial charge in [-0.1, -0.05) is 42.5 Å². The van der Waals surface area contributed by atoms with Crippen molar-refractivity contribution in [3.8, 4) is 11.5 Å². The number of rotatable bonds is 7. The molecule has 0 bridgehead atoms. The lowest BCUT2D eigenvalue weighted by atomic mass is 9.90. The normalized spacial score (nSPS) is 16.7. The summed E-state index contributed by atoms with van der Waals surface area (Å²) in [5.74, 6) is 2.44. The van der Waals surface area contributed by atoms with Crippen LogP contribution in [0.4, 0.5) is 0 Å². The number of ketones is 1. The van der Waals surface area contributed by atoms with E-state index in [0.29, 0.717) is 6.42 Å². The van der Waals surface area contributed by atoms with Crippen LogP contribution < -0.4 is 9.47 Å². The highest BCUT2D eigenvalue weighted by molar-refractivity contribution is 5.93. The maximum atomic E-state index is 12.2. The Morgan fingerprint density at radius 3 is 2.59 bits per heavy atom. The molecular weight excluding hydrogens is 386 g/mol. The summed E-state index contributed by atoms with van der Waals surface area (Å²) in [6, 6.07) is 16.5. The molecule has 154 valence electrons. The van der Waals surface area contributed by atoms with Crippen molar-refractivity contribution in [2.45, 2.75) is 25.7 Å². The first kappa shape index (κ1) is 21.4. The number of hydrogen-bond acceptors (Lipinski definition) is 4. The number of hydrogen-bond donors (Lipinski definition) is 0. The van der Waals surface area contributed by atoms with Gasteiger partial charge < -0.3 is 14.4 Å². The van der Waals surface area contributed by atoms with Crippen LogP contribution >= 0.6 is 12.4 Å². The van der Waals surface area contributed by atoms with Crippen molar-refractivity contribution in [1.82, 2.24) is 4.90 Å². The average Bonchev–Trinajstić information content (AvgIpc) is 3.20. The molecule has 2 aromatic carbocycles. The fourth-order valence-corrected chi connectivity index (χ4v) is 3.92. The van der Waals surface area contributed by atoms with Crippen LogP contribution in [0.3, 0.4) is 0 Å². The van der Waals surface area contributed by atoms with Gasteiger partial charge in [-0.15, -0.1) is 12.4 Å². The molecule has 0 N–H and O–H groups in total. The van der Waals surface area contributed by atoms with Gasteiger partial charge >= 0.3 is 0 Å². The monoisotopic (exact) mass is 413 g/mol. The minimum atomic E-state index is 0. The number of carbonyl (C=O) groups excluding carboxylic acids is 1. The summed E-state index contributed by atoms with van der Waals surface area (Å²) in [4.78, 5) is 14.7. The number of benzene rings is 2. The van der Waals surface area contributed by atoms with Gasteiger partial charge in [-0.05, 0) is 67.6 Å². The van der Waals surface area contributed by atoms with Crippen LogP contribution in [0, 0.1) is 5.92 Å². The number of ether oxygens (including phenoxy) is 2. The summed E-state index contributed by atoms with van der Waals surface area (Å²) in [6.07, 6.45) is 7.72. The SMILES string of the molecule is Cl.O=C(C=Cc1ccc2c(c1)OCO2)CCN1CCC(Cc2ccccc2)CC1. The molecule has 0 saturated carbocycles. The molecule has 0 spiro atoms. The number of allylic oxidation sites excluding steroid dienone is 1. The van der Waals surface area contributed by atoms with Crippen LogP contribution in [-0.4, -0.2) is 37.1 Å². The summed E-state index contributed by atoms with van der Waals surface area (Å²) >= 11 is 0. The molecule has 4 nitrogen and oxygen atoms in total. The van der Waals surface area contributed by atoms with Gasteiger partial charge in [0.2, 0.25) is 6.79 Å². The van der Waals surface area contributed by atoms with E-state index in [0.717, 1.165) is 42.6 Å². The number of likely N-dealkylation sites (tertiary alicyclic amines) is 1. The number of nitrogens with zero attached hydrogens (tertiary/aromatic N) is 1. The van der Waals surface area contributed by atoms with E-state index in [9.17, 15) is 4.79 Å². The zero-order valence-corrected chi connectivity index (χ0v) is 17.4. The fraction of sp³-hybridized carbons (Fsp3) is 0.375. The van der Waals surface area contributed by atoms with E-state index in [4.69, 9.17) is 9.47 Å². The van der Waals surface area contributed by atoms with Crippen molar-refractivity contribution in [3.05, 3.63) is 65.7 Å². The van der Waals surface area contributed by atoms with Gasteiger partial charge in [0.1, 0.15) is 0 Å². The maximum absolute atomic E-state index is 12.2. The van der Waals surface area contributed by atoms with Crippen LogP contribution in [0.5, 0.6) is 11.5 Å². The van der Waals surface area contributed by atoms with Crippen molar-refractivity contribution >= 4 is 24.3 Å². The minimum absolute atomic E-state index is 0.